The highest BCUT2D eigenvalue weighted by molar-refractivity contribution is 5.65. The Morgan fingerprint density at radius 2 is 1.79 bits per heavy atom. The number of anilines is 3. The highest BCUT2D eigenvalue weighted by Crippen LogP contribution is 2.22. The van der Waals surface area contributed by atoms with Gasteiger partial charge < -0.3 is 10.6 Å². The number of allylic oxidation sites excluding steroid dienone is 1. The minimum absolute atomic E-state index is 0.585. The maximum Gasteiger partial charge on any atom is 0.227 e. The number of benzene rings is 2. The van der Waals surface area contributed by atoms with Crippen molar-refractivity contribution in [3.8, 4) is 11.3 Å². The Bertz CT molecular complexity index is 854. The van der Waals surface area contributed by atoms with Crippen LogP contribution < -0.4 is 10.6 Å². The summed E-state index contributed by atoms with van der Waals surface area (Å²) in [7, 11) is 0. The Kier molecular flexibility index (Phi) is 4.57. The molecule has 0 radical (unpaired) electrons. The SMILES string of the molecule is C=C(C)Nc1ccc(-c2ccnc(Nc3cccc(C)c3)n2)cc1. The van der Waals surface area contributed by atoms with Gasteiger partial charge in [-0.15, -0.1) is 0 Å². The monoisotopic (exact) mass is 316 g/mol. The molecule has 120 valence electrons. The van der Waals surface area contributed by atoms with Crippen LogP contribution in [0.2, 0.25) is 0 Å². The highest BCUT2D eigenvalue weighted by Gasteiger charge is 2.03. The van der Waals surface area contributed by atoms with Gasteiger partial charge >= 0.3 is 0 Å². The van der Waals surface area contributed by atoms with Crippen LogP contribution in [0.1, 0.15) is 12.5 Å². The fourth-order valence-electron chi connectivity index (χ4n) is 2.40. The van der Waals surface area contributed by atoms with Crippen LogP contribution in [0.4, 0.5) is 17.3 Å². The van der Waals surface area contributed by atoms with Crippen molar-refractivity contribution in [1.82, 2.24) is 9.97 Å². The smallest absolute Gasteiger partial charge is 0.227 e. The zero-order valence-electron chi connectivity index (χ0n) is 13.9. The van der Waals surface area contributed by atoms with E-state index >= 15 is 0 Å². The quantitative estimate of drug-likeness (QED) is 0.684. The van der Waals surface area contributed by atoms with Crippen molar-refractivity contribution in [3.63, 3.8) is 0 Å². The molecule has 3 aromatic rings. The minimum Gasteiger partial charge on any atom is -0.360 e. The third-order valence-corrected chi connectivity index (χ3v) is 3.47. The highest BCUT2D eigenvalue weighted by atomic mass is 15.1. The van der Waals surface area contributed by atoms with Crippen LogP contribution in [-0.4, -0.2) is 9.97 Å². The summed E-state index contributed by atoms with van der Waals surface area (Å²) < 4.78 is 0. The Balaban J connectivity index is 1.81. The van der Waals surface area contributed by atoms with Gasteiger partial charge in [0.25, 0.3) is 0 Å². The topological polar surface area (TPSA) is 49.8 Å². The van der Waals surface area contributed by atoms with Crippen LogP contribution in [0, 0.1) is 6.92 Å². The number of aryl methyl sites for hydroxylation is 1. The molecule has 0 aliphatic carbocycles. The lowest BCUT2D eigenvalue weighted by Gasteiger charge is -2.09. The molecule has 0 saturated heterocycles. The van der Waals surface area contributed by atoms with E-state index in [1.807, 2.05) is 49.4 Å². The summed E-state index contributed by atoms with van der Waals surface area (Å²) in [5.41, 5.74) is 6.01. The lowest BCUT2D eigenvalue weighted by Crippen LogP contribution is -1.98. The molecule has 0 amide bonds. The van der Waals surface area contributed by atoms with Crippen LogP contribution >= 0.6 is 0 Å². The normalized spacial score (nSPS) is 10.2. The average molecular weight is 316 g/mol. The van der Waals surface area contributed by atoms with Gasteiger partial charge in [0, 0.05) is 28.8 Å². The number of nitrogens with one attached hydrogen (secondary N) is 2. The molecule has 2 N–H and O–H groups in total. The standard InChI is InChI=1S/C20H20N4/c1-14(2)22-17-9-7-16(8-10-17)19-11-12-21-20(24-19)23-18-6-4-5-15(3)13-18/h4-13,22H,1H2,2-3H3,(H,21,23,24). The second-order valence-electron chi connectivity index (χ2n) is 5.74. The second kappa shape index (κ2) is 6.96. The average Bonchev–Trinajstić information content (AvgIpc) is 2.55. The van der Waals surface area contributed by atoms with E-state index in [9.17, 15) is 0 Å². The van der Waals surface area contributed by atoms with E-state index in [2.05, 4.69) is 46.2 Å². The summed E-state index contributed by atoms with van der Waals surface area (Å²) in [5, 5.41) is 6.44. The van der Waals surface area contributed by atoms with Crippen LogP contribution in [-0.2, 0) is 0 Å². The van der Waals surface area contributed by atoms with Crippen LogP contribution in [0.3, 0.4) is 0 Å². The summed E-state index contributed by atoms with van der Waals surface area (Å²) in [4.78, 5) is 8.90. The van der Waals surface area contributed by atoms with Gasteiger partial charge in [-0.3, -0.25) is 0 Å². The lowest BCUT2D eigenvalue weighted by molar-refractivity contribution is 1.17. The Morgan fingerprint density at radius 1 is 1.00 bits per heavy atom. The fraction of sp³-hybridized carbons (Fsp3) is 0.100. The molecule has 0 aliphatic heterocycles. The summed E-state index contributed by atoms with van der Waals surface area (Å²) in [6.07, 6.45) is 1.76. The maximum atomic E-state index is 4.60. The first kappa shape index (κ1) is 15.7. The first-order chi connectivity index (χ1) is 11.6. The summed E-state index contributed by atoms with van der Waals surface area (Å²) >= 11 is 0. The van der Waals surface area contributed by atoms with Gasteiger partial charge in [-0.1, -0.05) is 30.8 Å². The van der Waals surface area contributed by atoms with Gasteiger partial charge in [0.05, 0.1) is 5.69 Å². The third kappa shape index (κ3) is 3.98. The zero-order chi connectivity index (χ0) is 16.9. The lowest BCUT2D eigenvalue weighted by atomic mass is 10.1. The number of aromatic nitrogens is 2. The van der Waals surface area contributed by atoms with E-state index in [0.29, 0.717) is 5.95 Å². The van der Waals surface area contributed by atoms with Crippen molar-refractivity contribution in [3.05, 3.63) is 78.6 Å². The third-order valence-electron chi connectivity index (χ3n) is 3.47. The predicted octanol–water partition coefficient (Wildman–Crippen LogP) is 5.14. The second-order valence-corrected chi connectivity index (χ2v) is 5.74. The summed E-state index contributed by atoms with van der Waals surface area (Å²) in [6.45, 7) is 7.84. The molecule has 0 bridgehead atoms. The van der Waals surface area contributed by atoms with E-state index in [4.69, 9.17) is 0 Å². The van der Waals surface area contributed by atoms with E-state index in [1.165, 1.54) is 5.56 Å². The molecule has 0 atom stereocenters. The largest absolute Gasteiger partial charge is 0.360 e. The van der Waals surface area contributed by atoms with Crippen LogP contribution in [0.25, 0.3) is 11.3 Å². The van der Waals surface area contributed by atoms with E-state index in [-0.39, 0.29) is 0 Å². The van der Waals surface area contributed by atoms with Gasteiger partial charge in [-0.05, 0) is 49.7 Å². The molecule has 3 rings (SSSR count). The summed E-state index contributed by atoms with van der Waals surface area (Å²) in [6, 6.07) is 18.1. The number of nitrogens with zero attached hydrogens (tertiary/aromatic N) is 2. The molecular formula is C20H20N4. The van der Waals surface area contributed by atoms with Gasteiger partial charge in [-0.25, -0.2) is 9.97 Å². The summed E-state index contributed by atoms with van der Waals surface area (Å²) in [5.74, 6) is 0.585. The van der Waals surface area contributed by atoms with Crippen molar-refractivity contribution in [2.24, 2.45) is 0 Å². The number of hydrogen-bond acceptors (Lipinski definition) is 4. The molecule has 0 unspecified atom stereocenters. The van der Waals surface area contributed by atoms with Gasteiger partial charge in [0.15, 0.2) is 0 Å². The van der Waals surface area contributed by atoms with Crippen molar-refractivity contribution >= 4 is 17.3 Å². The maximum absolute atomic E-state index is 4.60. The molecule has 24 heavy (non-hydrogen) atoms. The minimum atomic E-state index is 0.585. The van der Waals surface area contributed by atoms with Crippen LogP contribution in [0.15, 0.2) is 73.1 Å². The Labute approximate surface area is 142 Å². The molecule has 4 nitrogen and oxygen atoms in total. The van der Waals surface area contributed by atoms with Crippen molar-refractivity contribution < 1.29 is 0 Å². The molecule has 2 aromatic carbocycles. The molecule has 0 saturated carbocycles. The molecule has 0 spiro atoms. The predicted molar refractivity (Wildman–Crippen MR) is 100 cm³/mol. The molecule has 1 aromatic heterocycles. The molecule has 1 heterocycles. The van der Waals surface area contributed by atoms with Crippen molar-refractivity contribution in [1.29, 1.82) is 0 Å². The Morgan fingerprint density at radius 3 is 2.50 bits per heavy atom. The van der Waals surface area contributed by atoms with Crippen molar-refractivity contribution in [2.75, 3.05) is 10.6 Å². The van der Waals surface area contributed by atoms with E-state index in [1.54, 1.807) is 6.20 Å². The molecule has 0 fully saturated rings. The zero-order valence-corrected chi connectivity index (χ0v) is 13.9. The molecule has 4 heteroatoms. The molecule has 0 aliphatic rings. The van der Waals surface area contributed by atoms with Gasteiger partial charge in [-0.2, -0.15) is 0 Å². The Hall–Kier alpha value is -3.14. The van der Waals surface area contributed by atoms with E-state index < -0.39 is 0 Å². The first-order valence-electron chi connectivity index (χ1n) is 7.80. The van der Waals surface area contributed by atoms with Gasteiger partial charge in [0.1, 0.15) is 0 Å². The van der Waals surface area contributed by atoms with Crippen molar-refractivity contribution in [2.45, 2.75) is 13.8 Å². The number of hydrogen-bond donors (Lipinski definition) is 2. The first-order valence-corrected chi connectivity index (χ1v) is 7.80. The van der Waals surface area contributed by atoms with E-state index in [0.717, 1.165) is 28.3 Å². The fourth-order valence-corrected chi connectivity index (χ4v) is 2.40. The molecular weight excluding hydrogens is 296 g/mol. The van der Waals surface area contributed by atoms with Gasteiger partial charge in [0.2, 0.25) is 5.95 Å². The van der Waals surface area contributed by atoms with Crippen LogP contribution in [0.5, 0.6) is 0 Å². The number of rotatable bonds is 5.